The predicted molar refractivity (Wildman–Crippen MR) is 138 cm³/mol. The molecule has 0 atom stereocenters. The third kappa shape index (κ3) is 20.9. The highest BCUT2D eigenvalue weighted by Crippen LogP contribution is 2.03. The van der Waals surface area contributed by atoms with Crippen LogP contribution in [0.2, 0.25) is 0 Å². The highest BCUT2D eigenvalue weighted by Gasteiger charge is 2.13. The number of carbonyl (C=O) groups excluding carboxylic acids is 4. The van der Waals surface area contributed by atoms with Crippen LogP contribution < -0.4 is 10.6 Å². The number of unbranched alkanes of at least 4 members (excludes halogenated alkanes) is 7. The lowest BCUT2D eigenvalue weighted by Crippen LogP contribution is -2.31. The van der Waals surface area contributed by atoms with Crippen LogP contribution in [0.25, 0.3) is 0 Å². The quantitative estimate of drug-likeness (QED) is 0.0755. The fraction of sp³-hybridized carbons (Fsp3) is 0.769. The molecule has 0 heterocycles. The largest absolute Gasteiger partial charge is 0.356 e. The Balaban J connectivity index is 3.65. The highest BCUT2D eigenvalue weighted by molar-refractivity contribution is 5.83. The molecule has 10 heteroatoms. The summed E-state index contributed by atoms with van der Waals surface area (Å²) in [5.41, 5.74) is 0. The van der Waals surface area contributed by atoms with E-state index in [1.165, 1.54) is 26.2 Å². The molecule has 0 aromatic rings. The highest BCUT2D eigenvalue weighted by atomic mass is 16.5. The molecule has 208 valence electrons. The number of nitrogens with zero attached hydrogens (tertiary/aromatic N) is 2. The van der Waals surface area contributed by atoms with E-state index in [0.717, 1.165) is 32.1 Å². The van der Waals surface area contributed by atoms with Crippen LogP contribution in [-0.4, -0.2) is 70.3 Å². The van der Waals surface area contributed by atoms with Crippen molar-refractivity contribution in [1.29, 1.82) is 0 Å². The Labute approximate surface area is 216 Å². The van der Waals surface area contributed by atoms with E-state index in [0.29, 0.717) is 48.9 Å². The maximum atomic E-state index is 12.0. The van der Waals surface area contributed by atoms with Crippen molar-refractivity contribution in [1.82, 2.24) is 20.8 Å². The van der Waals surface area contributed by atoms with Gasteiger partial charge < -0.3 is 10.6 Å². The van der Waals surface area contributed by atoms with Gasteiger partial charge in [-0.3, -0.25) is 29.6 Å². The summed E-state index contributed by atoms with van der Waals surface area (Å²) in [5.74, 6) is -1.11. The number of carbonyl (C=O) groups is 4. The molecule has 36 heavy (non-hydrogen) atoms. The third-order valence-corrected chi connectivity index (χ3v) is 5.63. The number of hydroxylamine groups is 4. The van der Waals surface area contributed by atoms with Gasteiger partial charge in [0, 0.05) is 52.4 Å². The van der Waals surface area contributed by atoms with E-state index in [2.05, 4.69) is 29.7 Å². The molecule has 0 aliphatic heterocycles. The smallest absolute Gasteiger partial charge is 0.246 e. The lowest BCUT2D eigenvalue weighted by Gasteiger charge is -2.15. The normalized spacial score (nSPS) is 10.9. The summed E-state index contributed by atoms with van der Waals surface area (Å²) in [6, 6.07) is 0. The zero-order chi connectivity index (χ0) is 27.0. The molecule has 4 amide bonds. The maximum Gasteiger partial charge on any atom is 0.246 e. The first-order valence-electron chi connectivity index (χ1n) is 13.4. The molecule has 0 aliphatic rings. The van der Waals surface area contributed by atoms with Gasteiger partial charge in [-0.05, 0) is 57.8 Å². The molecular weight excluding hydrogens is 464 g/mol. The van der Waals surface area contributed by atoms with Gasteiger partial charge in [0.2, 0.25) is 23.6 Å². The van der Waals surface area contributed by atoms with Crippen LogP contribution in [0.4, 0.5) is 0 Å². The molecule has 0 fully saturated rings. The lowest BCUT2D eigenvalue weighted by molar-refractivity contribution is -0.166. The second-order valence-corrected chi connectivity index (χ2v) is 8.99. The first kappa shape index (κ1) is 33.5. The number of nitrogens with one attached hydrogen (secondary N) is 2. The van der Waals surface area contributed by atoms with E-state index in [1.54, 1.807) is 0 Å². The van der Waals surface area contributed by atoms with Crippen molar-refractivity contribution in [2.24, 2.45) is 0 Å². The van der Waals surface area contributed by atoms with Gasteiger partial charge >= 0.3 is 0 Å². The van der Waals surface area contributed by atoms with Crippen LogP contribution in [-0.2, 0) is 19.2 Å². The number of rotatable bonds is 22. The SMILES string of the molecule is CCCCC/C=C/CCC(=O)NCCCCCN(O)C(=O)CCC(=O)NCCCCCN(O)C(C)=O. The molecule has 0 unspecified atom stereocenters. The zero-order valence-electron chi connectivity index (χ0n) is 22.3. The van der Waals surface area contributed by atoms with E-state index in [-0.39, 0.29) is 37.7 Å². The van der Waals surface area contributed by atoms with Crippen LogP contribution in [0.1, 0.15) is 104 Å². The average molecular weight is 513 g/mol. The fourth-order valence-electron chi connectivity index (χ4n) is 3.35. The van der Waals surface area contributed by atoms with Gasteiger partial charge in [-0.2, -0.15) is 0 Å². The summed E-state index contributed by atoms with van der Waals surface area (Å²) < 4.78 is 0. The van der Waals surface area contributed by atoms with Crippen molar-refractivity contribution >= 4 is 23.6 Å². The maximum absolute atomic E-state index is 12.0. The first-order chi connectivity index (χ1) is 17.3. The van der Waals surface area contributed by atoms with Crippen molar-refractivity contribution in [3.05, 3.63) is 12.2 Å². The van der Waals surface area contributed by atoms with Gasteiger partial charge in [0.05, 0.1) is 0 Å². The van der Waals surface area contributed by atoms with Crippen LogP contribution >= 0.6 is 0 Å². The summed E-state index contributed by atoms with van der Waals surface area (Å²) in [6.45, 7) is 4.95. The van der Waals surface area contributed by atoms with E-state index in [9.17, 15) is 29.6 Å². The Hall–Kier alpha value is -2.46. The summed E-state index contributed by atoms with van der Waals surface area (Å²) in [4.78, 5) is 46.5. The van der Waals surface area contributed by atoms with Crippen LogP contribution in [0.5, 0.6) is 0 Å². The minimum Gasteiger partial charge on any atom is -0.356 e. The molecule has 0 bridgehead atoms. The van der Waals surface area contributed by atoms with Crippen molar-refractivity contribution in [3.63, 3.8) is 0 Å². The third-order valence-electron chi connectivity index (χ3n) is 5.63. The summed E-state index contributed by atoms with van der Waals surface area (Å²) in [6.07, 6.45) is 14.3. The Morgan fingerprint density at radius 2 is 1.22 bits per heavy atom. The van der Waals surface area contributed by atoms with Crippen molar-refractivity contribution in [2.45, 2.75) is 104 Å². The molecule has 0 aliphatic carbocycles. The Kier molecular flexibility index (Phi) is 21.4. The monoisotopic (exact) mass is 512 g/mol. The standard InChI is InChI=1S/C26H48N4O6/c1-3-4-5-6-7-8-11-16-24(32)27-19-13-10-15-22-30(36)26(34)18-17-25(33)28-20-12-9-14-21-29(35)23(2)31/h7-8,35-36H,3-6,9-22H2,1-2H3,(H,27,32)(H,28,33)/b8-7+. The first-order valence-corrected chi connectivity index (χ1v) is 13.4. The number of allylic oxidation sites excluding steroid dienone is 2. The zero-order valence-corrected chi connectivity index (χ0v) is 22.3. The topological polar surface area (TPSA) is 139 Å². The minimum atomic E-state index is -0.492. The molecule has 4 N–H and O–H groups in total. The molecule has 0 radical (unpaired) electrons. The molecule has 0 rings (SSSR count). The summed E-state index contributed by atoms with van der Waals surface area (Å²) in [7, 11) is 0. The van der Waals surface area contributed by atoms with Crippen LogP contribution in [0.15, 0.2) is 12.2 Å². The second kappa shape index (κ2) is 23.0. The van der Waals surface area contributed by atoms with Crippen molar-refractivity contribution < 1.29 is 29.6 Å². The number of amides is 4. The van der Waals surface area contributed by atoms with Crippen molar-refractivity contribution in [3.8, 4) is 0 Å². The Morgan fingerprint density at radius 1 is 0.667 bits per heavy atom. The van der Waals surface area contributed by atoms with E-state index >= 15 is 0 Å². The molecular formula is C26H48N4O6. The number of hydrogen-bond acceptors (Lipinski definition) is 6. The Morgan fingerprint density at radius 3 is 1.81 bits per heavy atom. The van der Waals surface area contributed by atoms with Gasteiger partial charge in [-0.15, -0.1) is 0 Å². The molecule has 0 saturated heterocycles. The van der Waals surface area contributed by atoms with Gasteiger partial charge in [-0.1, -0.05) is 31.9 Å². The summed E-state index contributed by atoms with van der Waals surface area (Å²) in [5, 5.41) is 26.0. The minimum absolute atomic E-state index is 0.00457. The molecule has 0 spiro atoms. The molecule has 0 saturated carbocycles. The van der Waals surface area contributed by atoms with Crippen molar-refractivity contribution in [2.75, 3.05) is 26.2 Å². The van der Waals surface area contributed by atoms with Gasteiger partial charge in [0.25, 0.3) is 0 Å². The Bertz CT molecular complexity index is 656. The molecule has 10 nitrogen and oxygen atoms in total. The molecule has 0 aromatic heterocycles. The molecule has 0 aromatic carbocycles. The lowest BCUT2D eigenvalue weighted by atomic mass is 10.2. The fourth-order valence-corrected chi connectivity index (χ4v) is 3.35. The van der Waals surface area contributed by atoms with E-state index < -0.39 is 11.8 Å². The van der Waals surface area contributed by atoms with Crippen LogP contribution in [0.3, 0.4) is 0 Å². The van der Waals surface area contributed by atoms with Gasteiger partial charge in [0.15, 0.2) is 0 Å². The summed E-state index contributed by atoms with van der Waals surface area (Å²) >= 11 is 0. The predicted octanol–water partition coefficient (Wildman–Crippen LogP) is 3.71. The average Bonchev–Trinajstić information content (AvgIpc) is 2.85. The van der Waals surface area contributed by atoms with Crippen LogP contribution in [0, 0.1) is 0 Å². The van der Waals surface area contributed by atoms with E-state index in [1.807, 2.05) is 0 Å². The van der Waals surface area contributed by atoms with Gasteiger partial charge in [0.1, 0.15) is 0 Å². The second-order valence-electron chi connectivity index (χ2n) is 8.99. The van der Waals surface area contributed by atoms with E-state index in [4.69, 9.17) is 0 Å². The number of hydrogen-bond donors (Lipinski definition) is 4. The van der Waals surface area contributed by atoms with Gasteiger partial charge in [-0.25, -0.2) is 10.1 Å².